The van der Waals surface area contributed by atoms with E-state index in [2.05, 4.69) is 10.3 Å². The molecule has 1 aliphatic rings. The molecule has 2 aromatic rings. The Morgan fingerprint density at radius 1 is 1.57 bits per heavy atom. The Balaban J connectivity index is 2.04. The highest BCUT2D eigenvalue weighted by Crippen LogP contribution is 2.30. The van der Waals surface area contributed by atoms with Gasteiger partial charge in [-0.25, -0.2) is 4.98 Å². The van der Waals surface area contributed by atoms with Gasteiger partial charge in [0.25, 0.3) is 0 Å². The minimum atomic E-state index is 0.234. The van der Waals surface area contributed by atoms with Crippen LogP contribution in [0.4, 0.5) is 0 Å². The Hall–Kier alpha value is -1.13. The summed E-state index contributed by atoms with van der Waals surface area (Å²) in [5.41, 5.74) is 1.24. The molecule has 0 amide bonds. The average molecular weight is 206 g/mol. The van der Waals surface area contributed by atoms with Gasteiger partial charge in [-0.05, 0) is 6.07 Å². The second-order valence-corrected chi connectivity index (χ2v) is 4.23. The molecular formula is C10H10N2OS. The number of nitrogens with one attached hydrogen (secondary N) is 1. The first-order valence-electron chi connectivity index (χ1n) is 4.64. The first-order chi connectivity index (χ1) is 6.95. The summed E-state index contributed by atoms with van der Waals surface area (Å²) in [6.07, 6.45) is 4.58. The van der Waals surface area contributed by atoms with Gasteiger partial charge in [0.15, 0.2) is 0 Å². The molecule has 14 heavy (non-hydrogen) atoms. The van der Waals surface area contributed by atoms with Crippen LogP contribution in [0.15, 0.2) is 28.3 Å². The van der Waals surface area contributed by atoms with Gasteiger partial charge in [0.2, 0.25) is 0 Å². The van der Waals surface area contributed by atoms with Crippen molar-refractivity contribution in [2.24, 2.45) is 0 Å². The Kier molecular flexibility index (Phi) is 1.89. The summed E-state index contributed by atoms with van der Waals surface area (Å²) in [4.78, 5) is 4.33. The lowest BCUT2D eigenvalue weighted by Crippen LogP contribution is -2.29. The molecule has 0 bridgehead atoms. The first-order valence-corrected chi connectivity index (χ1v) is 5.52. The van der Waals surface area contributed by atoms with Gasteiger partial charge in [-0.1, -0.05) is 0 Å². The fourth-order valence-corrected chi connectivity index (χ4v) is 2.58. The van der Waals surface area contributed by atoms with Crippen molar-refractivity contribution in [1.29, 1.82) is 0 Å². The molecule has 1 aliphatic heterocycles. The highest BCUT2D eigenvalue weighted by molar-refractivity contribution is 7.09. The van der Waals surface area contributed by atoms with Gasteiger partial charge in [-0.15, -0.1) is 11.3 Å². The van der Waals surface area contributed by atoms with Crippen LogP contribution in [0.1, 0.15) is 22.4 Å². The molecule has 0 fully saturated rings. The highest BCUT2D eigenvalue weighted by atomic mass is 32.1. The molecular weight excluding hydrogens is 196 g/mol. The zero-order valence-electron chi connectivity index (χ0n) is 7.56. The van der Waals surface area contributed by atoms with E-state index in [1.165, 1.54) is 5.56 Å². The highest BCUT2D eigenvalue weighted by Gasteiger charge is 2.24. The number of aromatic nitrogens is 1. The van der Waals surface area contributed by atoms with Crippen molar-refractivity contribution >= 4 is 11.3 Å². The van der Waals surface area contributed by atoms with Crippen LogP contribution in [0.3, 0.4) is 0 Å². The van der Waals surface area contributed by atoms with E-state index in [9.17, 15) is 0 Å². The van der Waals surface area contributed by atoms with E-state index in [4.69, 9.17) is 4.42 Å². The van der Waals surface area contributed by atoms with Crippen LogP contribution in [0, 0.1) is 0 Å². The summed E-state index contributed by atoms with van der Waals surface area (Å²) in [7, 11) is 0. The maximum Gasteiger partial charge on any atom is 0.114 e. The molecule has 0 aromatic carbocycles. The number of rotatable bonds is 1. The molecule has 72 valence electrons. The third kappa shape index (κ3) is 1.19. The summed E-state index contributed by atoms with van der Waals surface area (Å²) in [6.45, 7) is 0.963. The Morgan fingerprint density at radius 3 is 3.43 bits per heavy atom. The van der Waals surface area contributed by atoms with E-state index in [0.717, 1.165) is 23.7 Å². The maximum absolute atomic E-state index is 5.42. The van der Waals surface area contributed by atoms with Crippen LogP contribution in [0.25, 0.3) is 0 Å². The predicted molar refractivity (Wildman–Crippen MR) is 54.4 cm³/mol. The Bertz CT molecular complexity index is 421. The third-order valence-corrected chi connectivity index (χ3v) is 3.33. The number of hydrogen-bond acceptors (Lipinski definition) is 4. The predicted octanol–water partition coefficient (Wildman–Crippen LogP) is 1.97. The molecule has 1 unspecified atom stereocenters. The zero-order valence-corrected chi connectivity index (χ0v) is 8.38. The van der Waals surface area contributed by atoms with E-state index in [0.29, 0.717) is 0 Å². The molecule has 1 atom stereocenters. The fraction of sp³-hybridized carbons (Fsp3) is 0.300. The lowest BCUT2D eigenvalue weighted by Gasteiger charge is -2.21. The second-order valence-electron chi connectivity index (χ2n) is 3.31. The maximum atomic E-state index is 5.42. The molecule has 2 aromatic heterocycles. The Morgan fingerprint density at radius 2 is 2.57 bits per heavy atom. The number of fused-ring (bicyclic) bond motifs is 1. The largest absolute Gasteiger partial charge is 0.469 e. The second kappa shape index (κ2) is 3.22. The van der Waals surface area contributed by atoms with Gasteiger partial charge in [0.05, 0.1) is 12.3 Å². The SMILES string of the molecule is c1csc(C2NCCc3occc32)n1. The number of hydrogen-bond donors (Lipinski definition) is 1. The number of furan rings is 1. The normalized spacial score (nSPS) is 20.7. The van der Waals surface area contributed by atoms with Crippen LogP contribution in [-0.2, 0) is 6.42 Å². The molecule has 0 saturated carbocycles. The van der Waals surface area contributed by atoms with Crippen LogP contribution < -0.4 is 5.32 Å². The van der Waals surface area contributed by atoms with Crippen LogP contribution in [0.2, 0.25) is 0 Å². The van der Waals surface area contributed by atoms with Crippen molar-refractivity contribution in [3.05, 3.63) is 40.2 Å². The molecule has 0 aliphatic carbocycles. The van der Waals surface area contributed by atoms with Crippen molar-refractivity contribution in [1.82, 2.24) is 10.3 Å². The molecule has 3 heterocycles. The lowest BCUT2D eigenvalue weighted by molar-refractivity contribution is 0.455. The number of thiazole rings is 1. The third-order valence-electron chi connectivity index (χ3n) is 2.49. The van der Waals surface area contributed by atoms with E-state index >= 15 is 0 Å². The van der Waals surface area contributed by atoms with Gasteiger partial charge in [-0.3, -0.25) is 0 Å². The van der Waals surface area contributed by atoms with Gasteiger partial charge < -0.3 is 9.73 Å². The lowest BCUT2D eigenvalue weighted by atomic mass is 10.0. The molecule has 3 nitrogen and oxygen atoms in total. The van der Waals surface area contributed by atoms with Crippen molar-refractivity contribution in [2.45, 2.75) is 12.5 Å². The van der Waals surface area contributed by atoms with Crippen molar-refractivity contribution in [3.63, 3.8) is 0 Å². The van der Waals surface area contributed by atoms with Crippen molar-refractivity contribution < 1.29 is 4.42 Å². The number of nitrogens with zero attached hydrogens (tertiary/aromatic N) is 1. The molecule has 0 radical (unpaired) electrons. The van der Waals surface area contributed by atoms with Crippen LogP contribution in [-0.4, -0.2) is 11.5 Å². The van der Waals surface area contributed by atoms with E-state index < -0.39 is 0 Å². The van der Waals surface area contributed by atoms with Gasteiger partial charge >= 0.3 is 0 Å². The molecule has 0 saturated heterocycles. The van der Waals surface area contributed by atoms with Gasteiger partial charge in [-0.2, -0.15) is 0 Å². The first kappa shape index (κ1) is 8.20. The van der Waals surface area contributed by atoms with Crippen molar-refractivity contribution in [3.8, 4) is 0 Å². The monoisotopic (exact) mass is 206 g/mol. The smallest absolute Gasteiger partial charge is 0.114 e. The minimum Gasteiger partial charge on any atom is -0.469 e. The van der Waals surface area contributed by atoms with Crippen molar-refractivity contribution in [2.75, 3.05) is 6.54 Å². The molecule has 4 heteroatoms. The van der Waals surface area contributed by atoms with E-state index in [1.807, 2.05) is 17.6 Å². The minimum absolute atomic E-state index is 0.234. The molecule has 1 N–H and O–H groups in total. The van der Waals surface area contributed by atoms with Crippen LogP contribution >= 0.6 is 11.3 Å². The molecule has 3 rings (SSSR count). The van der Waals surface area contributed by atoms with Gasteiger partial charge in [0.1, 0.15) is 10.8 Å². The summed E-state index contributed by atoms with van der Waals surface area (Å²) in [5.74, 6) is 1.10. The Labute approximate surface area is 85.8 Å². The molecule has 0 spiro atoms. The van der Waals surface area contributed by atoms with E-state index in [1.54, 1.807) is 17.6 Å². The van der Waals surface area contributed by atoms with Crippen LogP contribution in [0.5, 0.6) is 0 Å². The average Bonchev–Trinajstić information content (AvgIpc) is 2.88. The summed E-state index contributed by atoms with van der Waals surface area (Å²) >= 11 is 1.68. The summed E-state index contributed by atoms with van der Waals surface area (Å²) < 4.78 is 5.42. The standard InChI is InChI=1S/C10H10N2OS/c1-3-11-9(10-12-4-6-14-10)7-2-5-13-8(1)7/h2,4-6,9,11H,1,3H2. The topological polar surface area (TPSA) is 38.1 Å². The van der Waals surface area contributed by atoms with Gasteiger partial charge in [0, 0.05) is 30.1 Å². The fourth-order valence-electron chi connectivity index (χ4n) is 1.85. The summed E-state index contributed by atoms with van der Waals surface area (Å²) in [5, 5.41) is 6.57. The summed E-state index contributed by atoms with van der Waals surface area (Å²) in [6, 6.07) is 2.27. The quantitative estimate of drug-likeness (QED) is 0.775. The van der Waals surface area contributed by atoms with E-state index in [-0.39, 0.29) is 6.04 Å². The zero-order chi connectivity index (χ0) is 9.38.